The molecule has 100 valence electrons. The predicted octanol–water partition coefficient (Wildman–Crippen LogP) is 1.62. The lowest BCUT2D eigenvalue weighted by molar-refractivity contribution is -0.149. The Morgan fingerprint density at radius 1 is 1.47 bits per heavy atom. The number of rotatable bonds is 3. The van der Waals surface area contributed by atoms with Gasteiger partial charge >= 0.3 is 0 Å². The van der Waals surface area contributed by atoms with Gasteiger partial charge in [-0.05, 0) is 0 Å². The molecule has 4 heteroatoms. The minimum Gasteiger partial charge on any atom is -0.380 e. The van der Waals surface area contributed by atoms with Crippen LogP contribution in [0, 0.1) is 0 Å². The molecule has 2 saturated heterocycles. The van der Waals surface area contributed by atoms with Crippen LogP contribution in [0.2, 0.25) is 0 Å². The first-order chi connectivity index (χ1) is 9.15. The SMILES string of the molecule is C=CC[C@@]1(O)C[C@H]2CO[C@H](c3ccccc3)N2C1=O. The highest BCUT2D eigenvalue weighted by Gasteiger charge is 2.55. The molecule has 1 N–H and O–H groups in total. The molecule has 1 aromatic rings. The molecule has 2 heterocycles. The van der Waals surface area contributed by atoms with Crippen LogP contribution in [-0.4, -0.2) is 34.2 Å². The van der Waals surface area contributed by atoms with Crippen LogP contribution in [0.4, 0.5) is 0 Å². The summed E-state index contributed by atoms with van der Waals surface area (Å²) in [7, 11) is 0. The van der Waals surface area contributed by atoms with E-state index in [9.17, 15) is 9.90 Å². The van der Waals surface area contributed by atoms with Gasteiger partial charge < -0.3 is 14.7 Å². The van der Waals surface area contributed by atoms with Crippen molar-refractivity contribution in [1.29, 1.82) is 0 Å². The summed E-state index contributed by atoms with van der Waals surface area (Å²) in [5.74, 6) is -0.247. The van der Waals surface area contributed by atoms with Gasteiger partial charge in [-0.1, -0.05) is 36.4 Å². The molecule has 2 aliphatic heterocycles. The van der Waals surface area contributed by atoms with Gasteiger partial charge in [0, 0.05) is 18.4 Å². The summed E-state index contributed by atoms with van der Waals surface area (Å²) in [6.45, 7) is 4.09. The molecule has 0 unspecified atom stereocenters. The van der Waals surface area contributed by atoms with Crippen molar-refractivity contribution < 1.29 is 14.6 Å². The first-order valence-corrected chi connectivity index (χ1v) is 6.48. The monoisotopic (exact) mass is 259 g/mol. The highest BCUT2D eigenvalue weighted by molar-refractivity contribution is 5.88. The van der Waals surface area contributed by atoms with Gasteiger partial charge in [-0.3, -0.25) is 4.79 Å². The van der Waals surface area contributed by atoms with Crippen LogP contribution in [0.15, 0.2) is 43.0 Å². The molecule has 0 saturated carbocycles. The zero-order chi connectivity index (χ0) is 13.5. The van der Waals surface area contributed by atoms with E-state index in [0.29, 0.717) is 19.4 Å². The van der Waals surface area contributed by atoms with Gasteiger partial charge in [-0.15, -0.1) is 6.58 Å². The minimum absolute atomic E-state index is 0.0392. The Bertz CT molecular complexity index is 501. The van der Waals surface area contributed by atoms with E-state index in [1.54, 1.807) is 11.0 Å². The van der Waals surface area contributed by atoms with Crippen LogP contribution in [0.1, 0.15) is 24.6 Å². The molecule has 3 atom stereocenters. The van der Waals surface area contributed by atoms with Crippen molar-refractivity contribution in [1.82, 2.24) is 4.90 Å². The van der Waals surface area contributed by atoms with Gasteiger partial charge in [0.2, 0.25) is 0 Å². The molecule has 4 nitrogen and oxygen atoms in total. The highest BCUT2D eigenvalue weighted by Crippen LogP contribution is 2.42. The van der Waals surface area contributed by atoms with E-state index in [4.69, 9.17) is 4.74 Å². The van der Waals surface area contributed by atoms with E-state index in [2.05, 4.69) is 6.58 Å². The quantitative estimate of drug-likeness (QED) is 0.839. The Morgan fingerprint density at radius 3 is 2.89 bits per heavy atom. The van der Waals surface area contributed by atoms with Gasteiger partial charge in [0.15, 0.2) is 6.23 Å². The summed E-state index contributed by atoms with van der Waals surface area (Å²) in [5, 5.41) is 10.4. The molecule has 1 aromatic carbocycles. The van der Waals surface area contributed by atoms with E-state index >= 15 is 0 Å². The second-order valence-corrected chi connectivity index (χ2v) is 5.19. The number of hydrogen-bond donors (Lipinski definition) is 1. The van der Waals surface area contributed by atoms with Crippen molar-refractivity contribution in [2.45, 2.75) is 30.7 Å². The number of carbonyl (C=O) groups is 1. The molecule has 0 spiro atoms. The van der Waals surface area contributed by atoms with Gasteiger partial charge in [-0.2, -0.15) is 0 Å². The molecular formula is C15H17NO3. The lowest BCUT2D eigenvalue weighted by Crippen LogP contribution is -2.40. The Morgan fingerprint density at radius 2 is 2.21 bits per heavy atom. The van der Waals surface area contributed by atoms with E-state index in [-0.39, 0.29) is 18.2 Å². The summed E-state index contributed by atoms with van der Waals surface area (Å²) in [5.41, 5.74) is -0.357. The number of nitrogens with zero attached hydrogens (tertiary/aromatic N) is 1. The number of fused-ring (bicyclic) bond motifs is 1. The van der Waals surface area contributed by atoms with Crippen LogP contribution < -0.4 is 0 Å². The number of carbonyl (C=O) groups excluding carboxylic acids is 1. The highest BCUT2D eigenvalue weighted by atomic mass is 16.5. The maximum absolute atomic E-state index is 12.4. The fourth-order valence-corrected chi connectivity index (χ4v) is 2.99. The summed E-state index contributed by atoms with van der Waals surface area (Å²) in [6.07, 6.45) is 1.93. The largest absolute Gasteiger partial charge is 0.380 e. The Kier molecular flexibility index (Phi) is 2.92. The topological polar surface area (TPSA) is 49.8 Å². The fraction of sp³-hybridized carbons (Fsp3) is 0.400. The molecule has 2 aliphatic rings. The lowest BCUT2D eigenvalue weighted by atomic mass is 9.96. The van der Waals surface area contributed by atoms with Crippen LogP contribution in [0.25, 0.3) is 0 Å². The normalized spacial score (nSPS) is 33.5. The van der Waals surface area contributed by atoms with Crippen molar-refractivity contribution in [3.05, 3.63) is 48.6 Å². The number of aliphatic hydroxyl groups is 1. The zero-order valence-electron chi connectivity index (χ0n) is 10.7. The maximum Gasteiger partial charge on any atom is 0.257 e. The third-order valence-electron chi connectivity index (χ3n) is 3.87. The van der Waals surface area contributed by atoms with Crippen LogP contribution in [-0.2, 0) is 9.53 Å². The van der Waals surface area contributed by atoms with Gasteiger partial charge in [0.1, 0.15) is 5.60 Å². The number of hydrogen-bond acceptors (Lipinski definition) is 3. The number of ether oxygens (including phenoxy) is 1. The zero-order valence-corrected chi connectivity index (χ0v) is 10.7. The Hall–Kier alpha value is -1.65. The van der Waals surface area contributed by atoms with Crippen LogP contribution in [0.5, 0.6) is 0 Å². The maximum atomic E-state index is 12.4. The third kappa shape index (κ3) is 1.88. The van der Waals surface area contributed by atoms with Crippen molar-refractivity contribution in [3.63, 3.8) is 0 Å². The number of amides is 1. The van der Waals surface area contributed by atoms with Crippen molar-refractivity contribution in [2.75, 3.05) is 6.61 Å². The summed E-state index contributed by atoms with van der Waals surface area (Å²) in [4.78, 5) is 14.1. The summed E-state index contributed by atoms with van der Waals surface area (Å²) in [6, 6.07) is 9.60. The molecule has 0 radical (unpaired) electrons. The first-order valence-electron chi connectivity index (χ1n) is 6.48. The van der Waals surface area contributed by atoms with Crippen LogP contribution >= 0.6 is 0 Å². The smallest absolute Gasteiger partial charge is 0.257 e. The minimum atomic E-state index is -1.30. The number of benzene rings is 1. The van der Waals surface area contributed by atoms with Gasteiger partial charge in [-0.25, -0.2) is 0 Å². The molecule has 19 heavy (non-hydrogen) atoms. The van der Waals surface area contributed by atoms with E-state index in [1.165, 1.54) is 0 Å². The molecule has 2 fully saturated rings. The fourth-order valence-electron chi connectivity index (χ4n) is 2.99. The lowest BCUT2D eigenvalue weighted by Gasteiger charge is -2.25. The second-order valence-electron chi connectivity index (χ2n) is 5.19. The molecule has 0 aliphatic carbocycles. The molecule has 1 amide bonds. The summed E-state index contributed by atoms with van der Waals surface area (Å²) >= 11 is 0. The van der Waals surface area contributed by atoms with E-state index in [1.807, 2.05) is 30.3 Å². The third-order valence-corrected chi connectivity index (χ3v) is 3.87. The van der Waals surface area contributed by atoms with Gasteiger partial charge in [0.25, 0.3) is 5.91 Å². The van der Waals surface area contributed by atoms with Crippen LogP contribution in [0.3, 0.4) is 0 Å². The molecular weight excluding hydrogens is 242 g/mol. The van der Waals surface area contributed by atoms with E-state index in [0.717, 1.165) is 5.56 Å². The second kappa shape index (κ2) is 4.47. The van der Waals surface area contributed by atoms with Crippen molar-refractivity contribution in [3.8, 4) is 0 Å². The summed E-state index contributed by atoms with van der Waals surface area (Å²) < 4.78 is 5.72. The average Bonchev–Trinajstić information content (AvgIpc) is 2.91. The van der Waals surface area contributed by atoms with E-state index < -0.39 is 5.60 Å². The average molecular weight is 259 g/mol. The predicted molar refractivity (Wildman–Crippen MR) is 70.1 cm³/mol. The molecule has 3 rings (SSSR count). The molecule has 0 bridgehead atoms. The van der Waals surface area contributed by atoms with Crippen molar-refractivity contribution in [2.24, 2.45) is 0 Å². The molecule has 0 aromatic heterocycles. The Balaban J connectivity index is 1.89. The van der Waals surface area contributed by atoms with Gasteiger partial charge in [0.05, 0.1) is 12.6 Å². The Labute approximate surface area is 112 Å². The standard InChI is InChI=1S/C15H17NO3/c1-2-8-15(18)9-12-10-19-13(16(12)14(15)17)11-6-4-3-5-7-11/h2-7,12-13,18H,1,8-10H2/t12-,13+,15+/m0/s1. The van der Waals surface area contributed by atoms with Crippen molar-refractivity contribution >= 4 is 5.91 Å². The first kappa shape index (κ1) is 12.4.